The zero-order chi connectivity index (χ0) is 23.7. The third-order valence-electron chi connectivity index (χ3n) is 6.06. The molecule has 2 saturated heterocycles. The number of thioether (sulfide) groups is 1. The predicted octanol–water partition coefficient (Wildman–Crippen LogP) is 3.44. The van der Waals surface area contributed by atoms with Gasteiger partial charge in [-0.25, -0.2) is 14.2 Å². The average molecular weight is 502 g/mol. The summed E-state index contributed by atoms with van der Waals surface area (Å²) in [7, 11) is 0. The van der Waals surface area contributed by atoms with E-state index in [1.54, 1.807) is 28.0 Å². The maximum atomic E-state index is 13.2. The molecule has 2 aromatic heterocycles. The summed E-state index contributed by atoms with van der Waals surface area (Å²) >= 11 is 2.72. The summed E-state index contributed by atoms with van der Waals surface area (Å²) in [5, 5.41) is 16.6. The van der Waals surface area contributed by atoms with Gasteiger partial charge in [0, 0.05) is 37.8 Å². The Morgan fingerprint density at radius 2 is 1.88 bits per heavy atom. The van der Waals surface area contributed by atoms with Gasteiger partial charge in [-0.15, -0.1) is 16.4 Å². The molecule has 5 rings (SSSR count). The predicted molar refractivity (Wildman–Crippen MR) is 127 cm³/mol. The second kappa shape index (κ2) is 9.85. The topological polar surface area (TPSA) is 91.6 Å². The van der Waals surface area contributed by atoms with Gasteiger partial charge in [0.2, 0.25) is 0 Å². The number of aliphatic hydroxyl groups excluding tert-OH is 1. The van der Waals surface area contributed by atoms with E-state index in [2.05, 4.69) is 5.10 Å². The molecule has 0 radical (unpaired) electrons. The lowest BCUT2D eigenvalue weighted by atomic mass is 10.1. The fourth-order valence-corrected chi connectivity index (χ4v) is 5.75. The summed E-state index contributed by atoms with van der Waals surface area (Å²) in [5.41, 5.74) is 0.913. The van der Waals surface area contributed by atoms with Crippen LogP contribution in [0, 0.1) is 5.82 Å². The van der Waals surface area contributed by atoms with Gasteiger partial charge in [0.25, 0.3) is 5.91 Å². The highest BCUT2D eigenvalue weighted by atomic mass is 32.2. The molecule has 4 heterocycles. The van der Waals surface area contributed by atoms with Crippen LogP contribution in [-0.2, 0) is 5.75 Å². The third kappa shape index (κ3) is 4.86. The van der Waals surface area contributed by atoms with Gasteiger partial charge in [-0.1, -0.05) is 30.0 Å². The molecule has 0 bridgehead atoms. The summed E-state index contributed by atoms with van der Waals surface area (Å²) in [5.74, 6) is 0.452. The standard InChI is InChI=1S/C23H24FN5O3S2/c24-17-5-3-15(4-6-17)14-34-22-25-20(26-29(22)21(31)19-2-1-11-33-19)16-7-9-27(12-16)23(32)28-10-8-18(30)13-28/h1-6,11,16,18,30H,7-10,12-14H2. The molecule has 2 atom stereocenters. The molecule has 11 heteroatoms. The van der Waals surface area contributed by atoms with Gasteiger partial charge in [0.05, 0.1) is 11.0 Å². The zero-order valence-electron chi connectivity index (χ0n) is 18.3. The molecule has 2 amide bonds. The van der Waals surface area contributed by atoms with Gasteiger partial charge < -0.3 is 14.9 Å². The second-order valence-corrected chi connectivity index (χ2v) is 10.4. The molecular formula is C23H24FN5O3S2. The maximum absolute atomic E-state index is 13.2. The monoisotopic (exact) mass is 501 g/mol. The molecular weight excluding hydrogens is 477 g/mol. The lowest BCUT2D eigenvalue weighted by molar-refractivity contribution is 0.0937. The van der Waals surface area contributed by atoms with E-state index in [1.165, 1.54) is 39.9 Å². The van der Waals surface area contributed by atoms with Crippen LogP contribution in [-0.4, -0.2) is 73.9 Å². The van der Waals surface area contributed by atoms with Crippen LogP contribution in [0.1, 0.15) is 39.8 Å². The number of hydrogen-bond donors (Lipinski definition) is 1. The SMILES string of the molecule is O=C(N1CCC(O)C1)N1CCC(c2nc(SCc3ccc(F)cc3)n(C(=O)c3cccs3)n2)C1. The van der Waals surface area contributed by atoms with Crippen LogP contribution in [0.25, 0.3) is 0 Å². The van der Waals surface area contributed by atoms with Crippen LogP contribution >= 0.6 is 23.1 Å². The second-order valence-electron chi connectivity index (χ2n) is 8.46. The van der Waals surface area contributed by atoms with Crippen molar-refractivity contribution in [2.75, 3.05) is 26.2 Å². The van der Waals surface area contributed by atoms with E-state index in [4.69, 9.17) is 4.98 Å². The molecule has 3 aromatic rings. The van der Waals surface area contributed by atoms with Gasteiger partial charge in [0.1, 0.15) is 5.82 Å². The minimum Gasteiger partial charge on any atom is -0.391 e. The number of amides is 2. The van der Waals surface area contributed by atoms with Gasteiger partial charge >= 0.3 is 6.03 Å². The van der Waals surface area contributed by atoms with Gasteiger partial charge in [-0.05, 0) is 42.0 Å². The Morgan fingerprint density at radius 1 is 1.12 bits per heavy atom. The Kier molecular flexibility index (Phi) is 6.66. The molecule has 0 saturated carbocycles. The first-order valence-corrected chi connectivity index (χ1v) is 13.0. The van der Waals surface area contributed by atoms with Crippen molar-refractivity contribution in [3.8, 4) is 0 Å². The van der Waals surface area contributed by atoms with Crippen LogP contribution in [0.15, 0.2) is 46.9 Å². The summed E-state index contributed by atoms with van der Waals surface area (Å²) in [6.45, 7) is 1.99. The van der Waals surface area contributed by atoms with E-state index >= 15 is 0 Å². The minimum absolute atomic E-state index is 0.0703. The van der Waals surface area contributed by atoms with E-state index in [0.717, 1.165) is 5.56 Å². The fraction of sp³-hybridized carbons (Fsp3) is 0.391. The normalized spacial score (nSPS) is 20.3. The van der Waals surface area contributed by atoms with Gasteiger partial charge in [-0.2, -0.15) is 4.68 Å². The summed E-state index contributed by atoms with van der Waals surface area (Å²) < 4.78 is 14.6. The number of aromatic nitrogens is 3. The van der Waals surface area contributed by atoms with Gasteiger partial charge in [0.15, 0.2) is 11.0 Å². The highest BCUT2D eigenvalue weighted by molar-refractivity contribution is 7.98. The number of thiophene rings is 1. The fourth-order valence-electron chi connectivity index (χ4n) is 4.21. The van der Waals surface area contributed by atoms with E-state index in [9.17, 15) is 19.1 Å². The Hall–Kier alpha value is -2.76. The van der Waals surface area contributed by atoms with E-state index in [1.807, 2.05) is 11.4 Å². The van der Waals surface area contributed by atoms with Crippen molar-refractivity contribution in [3.63, 3.8) is 0 Å². The average Bonchev–Trinajstić information content (AvgIpc) is 3.64. The van der Waals surface area contributed by atoms with Crippen LogP contribution < -0.4 is 0 Å². The smallest absolute Gasteiger partial charge is 0.320 e. The van der Waals surface area contributed by atoms with E-state index in [-0.39, 0.29) is 23.7 Å². The Balaban J connectivity index is 1.34. The number of halogens is 1. The molecule has 2 fully saturated rings. The van der Waals surface area contributed by atoms with Gasteiger partial charge in [-0.3, -0.25) is 4.79 Å². The zero-order valence-corrected chi connectivity index (χ0v) is 20.0. The number of likely N-dealkylation sites (tertiary alicyclic amines) is 2. The van der Waals surface area contributed by atoms with Crippen molar-refractivity contribution < 1.29 is 19.1 Å². The van der Waals surface area contributed by atoms with Crippen molar-refractivity contribution in [2.45, 2.75) is 35.8 Å². The van der Waals surface area contributed by atoms with Crippen molar-refractivity contribution in [2.24, 2.45) is 0 Å². The molecule has 2 unspecified atom stereocenters. The molecule has 34 heavy (non-hydrogen) atoms. The van der Waals surface area contributed by atoms with E-state index < -0.39 is 6.10 Å². The molecule has 178 valence electrons. The molecule has 2 aliphatic heterocycles. The summed E-state index contributed by atoms with van der Waals surface area (Å²) in [6.07, 6.45) is 0.860. The first-order chi connectivity index (χ1) is 16.5. The number of carbonyl (C=O) groups is 2. The molecule has 8 nitrogen and oxygen atoms in total. The number of carbonyl (C=O) groups excluding carboxylic acids is 2. The number of β-amino-alcohol motifs (C(OH)–C–C–N with tert-alkyl or cyclic N) is 1. The third-order valence-corrected chi connectivity index (χ3v) is 7.92. The van der Waals surface area contributed by atoms with Crippen LogP contribution in [0.4, 0.5) is 9.18 Å². The highest BCUT2D eigenvalue weighted by Gasteiger charge is 2.35. The van der Waals surface area contributed by atoms with Crippen molar-refractivity contribution in [1.82, 2.24) is 24.6 Å². The number of urea groups is 1. The van der Waals surface area contributed by atoms with Crippen LogP contribution in [0.2, 0.25) is 0 Å². The van der Waals surface area contributed by atoms with Crippen LogP contribution in [0.3, 0.4) is 0 Å². The first kappa shape index (κ1) is 23.0. The van der Waals surface area contributed by atoms with Crippen molar-refractivity contribution in [3.05, 3.63) is 63.9 Å². The number of nitrogens with zero attached hydrogens (tertiary/aromatic N) is 5. The largest absolute Gasteiger partial charge is 0.391 e. The molecule has 2 aliphatic rings. The Labute approximate surface area is 204 Å². The number of benzene rings is 1. The molecule has 0 aliphatic carbocycles. The minimum atomic E-state index is -0.455. The molecule has 1 aromatic carbocycles. The van der Waals surface area contributed by atoms with Crippen molar-refractivity contribution >= 4 is 35.0 Å². The first-order valence-electron chi connectivity index (χ1n) is 11.1. The number of aliphatic hydroxyl groups is 1. The highest BCUT2D eigenvalue weighted by Crippen LogP contribution is 2.30. The Morgan fingerprint density at radius 3 is 2.59 bits per heavy atom. The lowest BCUT2D eigenvalue weighted by Gasteiger charge is -2.23. The lowest BCUT2D eigenvalue weighted by Crippen LogP contribution is -2.41. The summed E-state index contributed by atoms with van der Waals surface area (Å²) in [6, 6.07) is 9.74. The number of hydrogen-bond acceptors (Lipinski definition) is 7. The molecule has 1 N–H and O–H groups in total. The van der Waals surface area contributed by atoms with Crippen LogP contribution in [0.5, 0.6) is 0 Å². The Bertz CT molecular complexity index is 1170. The number of rotatable bonds is 5. The summed E-state index contributed by atoms with van der Waals surface area (Å²) in [4.78, 5) is 34.6. The molecule has 0 spiro atoms. The maximum Gasteiger partial charge on any atom is 0.320 e. The quantitative estimate of drug-likeness (QED) is 0.539. The van der Waals surface area contributed by atoms with E-state index in [0.29, 0.717) is 60.6 Å². The van der Waals surface area contributed by atoms with Crippen molar-refractivity contribution in [1.29, 1.82) is 0 Å².